The van der Waals surface area contributed by atoms with E-state index in [-0.39, 0.29) is 19.1 Å². The summed E-state index contributed by atoms with van der Waals surface area (Å²) in [7, 11) is 2.02. The smallest absolute Gasteiger partial charge is 0.251 e. The number of rotatable bonds is 8. The molecule has 0 saturated heterocycles. The van der Waals surface area contributed by atoms with Crippen LogP contribution in [0.25, 0.3) is 21.1 Å². The van der Waals surface area contributed by atoms with Crippen molar-refractivity contribution in [1.29, 1.82) is 0 Å². The Labute approximate surface area is 206 Å². The molecule has 0 aliphatic carbocycles. The summed E-state index contributed by atoms with van der Waals surface area (Å²) in [6, 6.07) is 17.8. The van der Waals surface area contributed by atoms with Gasteiger partial charge < -0.3 is 15.0 Å². The number of thiophene rings is 1. The number of anilines is 1. The van der Waals surface area contributed by atoms with E-state index in [4.69, 9.17) is 5.11 Å². The highest BCUT2D eigenvalue weighted by atomic mass is 32.1. The van der Waals surface area contributed by atoms with Crippen LogP contribution >= 0.6 is 11.3 Å². The van der Waals surface area contributed by atoms with Gasteiger partial charge in [0.2, 0.25) is 0 Å². The van der Waals surface area contributed by atoms with Crippen LogP contribution in [-0.2, 0) is 13.5 Å². The molecule has 0 bridgehead atoms. The standard InChI is InChI=1S/C26H24N6O2S/c1-32-15-19(21-7-2-3-8-23(21)32)14-30-31-24-22-13-20(35-26(22)29-16-28-24)12-17-5-4-6-18(11-17)25(34)27-9-10-33/h2-8,11,13-16,33H,9-10,12H2,1H3,(H,27,34)(H,28,29,31)/b30-14-. The number of amides is 1. The van der Waals surface area contributed by atoms with E-state index < -0.39 is 0 Å². The van der Waals surface area contributed by atoms with Gasteiger partial charge in [-0.2, -0.15) is 5.10 Å². The molecule has 35 heavy (non-hydrogen) atoms. The lowest BCUT2D eigenvalue weighted by Gasteiger charge is -2.05. The molecular formula is C26H24N6O2S. The number of nitrogens with zero attached hydrogens (tertiary/aromatic N) is 4. The number of hydrogen-bond acceptors (Lipinski definition) is 7. The third kappa shape index (κ3) is 4.91. The van der Waals surface area contributed by atoms with Gasteiger partial charge in [0.15, 0.2) is 5.82 Å². The van der Waals surface area contributed by atoms with Crippen molar-refractivity contribution in [3.63, 3.8) is 0 Å². The van der Waals surface area contributed by atoms with Gasteiger partial charge in [0.1, 0.15) is 11.2 Å². The lowest BCUT2D eigenvalue weighted by molar-refractivity contribution is 0.0944. The maximum Gasteiger partial charge on any atom is 0.251 e. The van der Waals surface area contributed by atoms with Crippen molar-refractivity contribution in [1.82, 2.24) is 19.9 Å². The second kappa shape index (κ2) is 10.0. The second-order valence-electron chi connectivity index (χ2n) is 8.09. The third-order valence-electron chi connectivity index (χ3n) is 5.65. The molecular weight excluding hydrogens is 460 g/mol. The Bertz CT molecular complexity index is 1540. The number of aliphatic hydroxyl groups excluding tert-OH is 1. The Morgan fingerprint density at radius 3 is 2.91 bits per heavy atom. The number of aromatic nitrogens is 3. The number of nitrogens with one attached hydrogen (secondary N) is 2. The Hall–Kier alpha value is -4.08. The van der Waals surface area contributed by atoms with Crippen LogP contribution in [0.15, 0.2) is 72.2 Å². The molecule has 5 rings (SSSR count). The summed E-state index contributed by atoms with van der Waals surface area (Å²) in [4.78, 5) is 23.0. The molecule has 176 valence electrons. The van der Waals surface area contributed by atoms with Crippen molar-refractivity contribution in [2.75, 3.05) is 18.6 Å². The van der Waals surface area contributed by atoms with E-state index in [0.29, 0.717) is 17.8 Å². The number of para-hydroxylation sites is 1. The fourth-order valence-corrected chi connectivity index (χ4v) is 5.05. The van der Waals surface area contributed by atoms with Crippen molar-refractivity contribution in [3.05, 3.63) is 88.7 Å². The minimum absolute atomic E-state index is 0.0867. The Morgan fingerprint density at radius 1 is 1.14 bits per heavy atom. The number of hydrogen-bond donors (Lipinski definition) is 3. The van der Waals surface area contributed by atoms with E-state index in [1.165, 1.54) is 6.33 Å². The molecule has 0 saturated carbocycles. The van der Waals surface area contributed by atoms with Gasteiger partial charge in [0, 0.05) is 53.1 Å². The molecule has 2 aromatic carbocycles. The van der Waals surface area contributed by atoms with Crippen LogP contribution < -0.4 is 10.7 Å². The topological polar surface area (TPSA) is 104 Å². The first kappa shape index (κ1) is 22.7. The van der Waals surface area contributed by atoms with Gasteiger partial charge in [-0.1, -0.05) is 30.3 Å². The molecule has 0 radical (unpaired) electrons. The molecule has 0 aliphatic rings. The van der Waals surface area contributed by atoms with Crippen molar-refractivity contribution in [2.24, 2.45) is 12.1 Å². The first-order valence-electron chi connectivity index (χ1n) is 11.2. The zero-order valence-corrected chi connectivity index (χ0v) is 19.9. The van der Waals surface area contributed by atoms with E-state index in [1.54, 1.807) is 23.6 Å². The van der Waals surface area contributed by atoms with Crippen LogP contribution in [0.5, 0.6) is 0 Å². The van der Waals surface area contributed by atoms with Crippen LogP contribution in [0.3, 0.4) is 0 Å². The molecule has 0 spiro atoms. The maximum absolute atomic E-state index is 12.2. The zero-order valence-electron chi connectivity index (χ0n) is 19.1. The highest BCUT2D eigenvalue weighted by Gasteiger charge is 2.11. The molecule has 0 unspecified atom stereocenters. The zero-order chi connectivity index (χ0) is 24.2. The van der Waals surface area contributed by atoms with Crippen LogP contribution in [-0.4, -0.2) is 44.9 Å². The highest BCUT2D eigenvalue weighted by molar-refractivity contribution is 7.18. The summed E-state index contributed by atoms with van der Waals surface area (Å²) in [5, 5.41) is 18.1. The van der Waals surface area contributed by atoms with Gasteiger partial charge in [0.25, 0.3) is 5.91 Å². The lowest BCUT2D eigenvalue weighted by atomic mass is 10.1. The number of aryl methyl sites for hydroxylation is 1. The molecule has 0 fully saturated rings. The summed E-state index contributed by atoms with van der Waals surface area (Å²) >= 11 is 1.59. The number of carbonyl (C=O) groups excluding carboxylic acids is 1. The number of hydrazone groups is 1. The predicted octanol–water partition coefficient (Wildman–Crippen LogP) is 3.94. The molecule has 3 heterocycles. The minimum Gasteiger partial charge on any atom is -0.395 e. The lowest BCUT2D eigenvalue weighted by Crippen LogP contribution is -2.26. The highest BCUT2D eigenvalue weighted by Crippen LogP contribution is 2.30. The molecule has 3 aromatic heterocycles. The van der Waals surface area contributed by atoms with Crippen LogP contribution in [0.1, 0.15) is 26.4 Å². The van der Waals surface area contributed by atoms with Gasteiger partial charge >= 0.3 is 0 Å². The van der Waals surface area contributed by atoms with Gasteiger partial charge in [-0.25, -0.2) is 9.97 Å². The van der Waals surface area contributed by atoms with Crippen molar-refractivity contribution >= 4 is 50.4 Å². The van der Waals surface area contributed by atoms with Gasteiger partial charge in [-0.15, -0.1) is 11.3 Å². The fraction of sp³-hybridized carbons (Fsp3) is 0.154. The summed E-state index contributed by atoms with van der Waals surface area (Å²) in [6.45, 7) is 0.146. The Balaban J connectivity index is 1.34. The average molecular weight is 485 g/mol. The van der Waals surface area contributed by atoms with Gasteiger partial charge in [0.05, 0.1) is 18.2 Å². The predicted molar refractivity (Wildman–Crippen MR) is 140 cm³/mol. The monoisotopic (exact) mass is 484 g/mol. The maximum atomic E-state index is 12.2. The Morgan fingerprint density at radius 2 is 2.03 bits per heavy atom. The average Bonchev–Trinajstić information content (AvgIpc) is 3.43. The van der Waals surface area contributed by atoms with Crippen molar-refractivity contribution in [2.45, 2.75) is 6.42 Å². The number of aliphatic hydroxyl groups is 1. The van der Waals surface area contributed by atoms with Crippen LogP contribution in [0.2, 0.25) is 0 Å². The molecule has 9 heteroatoms. The van der Waals surface area contributed by atoms with Crippen LogP contribution in [0, 0.1) is 0 Å². The largest absolute Gasteiger partial charge is 0.395 e. The SMILES string of the molecule is Cn1cc(/C=N\Nc2ncnc3sc(Cc4cccc(C(=O)NCCO)c4)cc23)c2ccccc21. The van der Waals surface area contributed by atoms with Crippen LogP contribution in [0.4, 0.5) is 5.82 Å². The third-order valence-corrected chi connectivity index (χ3v) is 6.69. The fourth-order valence-electron chi connectivity index (χ4n) is 4.02. The van der Waals surface area contributed by atoms with E-state index in [1.807, 2.05) is 43.6 Å². The summed E-state index contributed by atoms with van der Waals surface area (Å²) in [6.07, 6.45) is 6.05. The second-order valence-corrected chi connectivity index (χ2v) is 9.21. The summed E-state index contributed by atoms with van der Waals surface area (Å²) in [5.41, 5.74) is 6.83. The molecule has 8 nitrogen and oxygen atoms in total. The number of benzene rings is 2. The van der Waals surface area contributed by atoms with E-state index in [2.05, 4.69) is 48.6 Å². The minimum atomic E-state index is -0.196. The number of carbonyl (C=O) groups is 1. The molecule has 3 N–H and O–H groups in total. The van der Waals surface area contributed by atoms with Crippen molar-refractivity contribution in [3.8, 4) is 0 Å². The quantitative estimate of drug-likeness (QED) is 0.229. The summed E-state index contributed by atoms with van der Waals surface area (Å²) < 4.78 is 2.08. The van der Waals surface area contributed by atoms with E-state index in [0.717, 1.165) is 37.1 Å². The van der Waals surface area contributed by atoms with Crippen molar-refractivity contribution < 1.29 is 9.90 Å². The molecule has 1 amide bonds. The Kier molecular flexibility index (Phi) is 6.51. The van der Waals surface area contributed by atoms with E-state index >= 15 is 0 Å². The number of fused-ring (bicyclic) bond motifs is 2. The van der Waals surface area contributed by atoms with Gasteiger partial charge in [-0.05, 0) is 29.8 Å². The normalized spacial score (nSPS) is 11.5. The first-order chi connectivity index (χ1) is 17.1. The molecule has 0 aliphatic heterocycles. The van der Waals surface area contributed by atoms with E-state index in [9.17, 15) is 4.79 Å². The first-order valence-corrected chi connectivity index (χ1v) is 12.0. The molecule has 5 aromatic rings. The van der Waals surface area contributed by atoms with Gasteiger partial charge in [-0.3, -0.25) is 10.2 Å². The summed E-state index contributed by atoms with van der Waals surface area (Å²) in [5.74, 6) is 0.449. The molecule has 0 atom stereocenters.